The monoisotopic (exact) mass is 631 g/mol. The molecule has 1 aliphatic carbocycles. The van der Waals surface area contributed by atoms with Gasteiger partial charge in [0.1, 0.15) is 11.3 Å². The number of thiazole rings is 1. The molecule has 1 aliphatic heterocycles. The van der Waals surface area contributed by atoms with Gasteiger partial charge < -0.3 is 24.4 Å². The quantitative estimate of drug-likeness (QED) is 0.272. The summed E-state index contributed by atoms with van der Waals surface area (Å²) in [6.45, 7) is 0.953. The smallest absolute Gasteiger partial charge is 0.340 e. The van der Waals surface area contributed by atoms with Crippen LogP contribution in [0.4, 0.5) is 5.13 Å². The third-order valence-corrected chi connectivity index (χ3v) is 10.2. The molecule has 3 N–H and O–H groups in total. The van der Waals surface area contributed by atoms with E-state index in [1.54, 1.807) is 0 Å². The van der Waals surface area contributed by atoms with E-state index >= 15 is 0 Å². The van der Waals surface area contributed by atoms with Crippen molar-refractivity contribution in [1.82, 2.24) is 9.97 Å². The van der Waals surface area contributed by atoms with Crippen LogP contribution in [0.2, 0.25) is 0 Å². The first-order valence-corrected chi connectivity index (χ1v) is 16.0. The Morgan fingerprint density at radius 1 is 0.977 bits per heavy atom. The van der Waals surface area contributed by atoms with Crippen molar-refractivity contribution in [2.45, 2.75) is 61.0 Å². The van der Waals surface area contributed by atoms with Gasteiger partial charge in [0.05, 0.1) is 23.1 Å². The lowest BCUT2D eigenvalue weighted by atomic mass is 10.1. The van der Waals surface area contributed by atoms with Crippen LogP contribution in [-0.2, 0) is 24.1 Å². The van der Waals surface area contributed by atoms with Gasteiger partial charge in [0.2, 0.25) is 5.06 Å². The van der Waals surface area contributed by atoms with E-state index in [0.29, 0.717) is 44.5 Å². The zero-order chi connectivity index (χ0) is 30.6. The number of nitrogens with one attached hydrogen (secondary N) is 1. The minimum absolute atomic E-state index is 0.0391. The summed E-state index contributed by atoms with van der Waals surface area (Å²) in [5.41, 5.74) is -0.601. The molecule has 13 nitrogen and oxygen atoms in total. The van der Waals surface area contributed by atoms with Crippen molar-refractivity contribution in [2.75, 3.05) is 18.5 Å². The van der Waals surface area contributed by atoms with Crippen molar-refractivity contribution in [3.05, 3.63) is 59.4 Å². The van der Waals surface area contributed by atoms with Crippen LogP contribution in [0.1, 0.15) is 70.9 Å². The van der Waals surface area contributed by atoms with Gasteiger partial charge in [0.15, 0.2) is 26.1 Å². The molecular weight excluding hydrogens is 602 g/mol. The van der Waals surface area contributed by atoms with Crippen LogP contribution in [0.5, 0.6) is 10.8 Å². The molecule has 3 aromatic rings. The van der Waals surface area contributed by atoms with E-state index in [9.17, 15) is 33.0 Å². The first-order valence-electron chi connectivity index (χ1n) is 13.6. The van der Waals surface area contributed by atoms with Crippen molar-refractivity contribution in [3.8, 4) is 10.8 Å². The molecule has 2 aliphatic rings. The average Bonchev–Trinajstić information content (AvgIpc) is 3.69. The van der Waals surface area contributed by atoms with Gasteiger partial charge in [-0.3, -0.25) is 10.1 Å². The van der Waals surface area contributed by atoms with E-state index in [0.717, 1.165) is 30.2 Å². The van der Waals surface area contributed by atoms with E-state index in [4.69, 9.17) is 14.2 Å². The largest absolute Gasteiger partial charge is 0.478 e. The minimum atomic E-state index is -3.58. The SMILES string of the molecule is O=C(O)c1cccc(Oc2cnc(NC(=O)C(OC3CCOCC3)c3ccc(S(=O)(=O)C4CCCC4)nc3)s2)c1C(=O)O. The van der Waals surface area contributed by atoms with E-state index in [1.165, 1.54) is 36.7 Å². The van der Waals surface area contributed by atoms with Crippen molar-refractivity contribution in [3.63, 3.8) is 0 Å². The van der Waals surface area contributed by atoms with Crippen molar-refractivity contribution in [1.29, 1.82) is 0 Å². The maximum atomic E-state index is 13.5. The standard InChI is InChI=1S/C28H29N3O10S2/c32-25(31-28-30-15-22(42-28)41-20-7-3-6-19(26(33)34)23(20)27(35)36)24(40-17-10-12-39-13-11-17)16-8-9-21(29-14-16)43(37,38)18-4-1-2-5-18/h3,6-9,14-15,17-18,24H,1-2,4-5,10-13H2,(H,33,34)(H,35,36)(H,30,31,32). The number of rotatable bonds is 11. The van der Waals surface area contributed by atoms with Gasteiger partial charge in [0, 0.05) is 25.0 Å². The van der Waals surface area contributed by atoms with E-state index < -0.39 is 50.2 Å². The van der Waals surface area contributed by atoms with Crippen LogP contribution >= 0.6 is 11.3 Å². The number of amides is 1. The molecular formula is C28H29N3O10S2. The molecule has 3 heterocycles. The van der Waals surface area contributed by atoms with E-state index in [1.807, 2.05) is 0 Å². The summed E-state index contributed by atoms with van der Waals surface area (Å²) >= 11 is 0.893. The summed E-state index contributed by atoms with van der Waals surface area (Å²) in [7, 11) is -3.58. The lowest BCUT2D eigenvalue weighted by Crippen LogP contribution is -2.31. The Bertz CT molecular complexity index is 1590. The molecule has 0 spiro atoms. The fraction of sp³-hybridized carbons (Fsp3) is 0.393. The second-order valence-electron chi connectivity index (χ2n) is 10.1. The van der Waals surface area contributed by atoms with Crippen LogP contribution < -0.4 is 10.1 Å². The normalized spacial score (nSPS) is 16.9. The number of anilines is 1. The molecule has 1 amide bonds. The minimum Gasteiger partial charge on any atom is -0.478 e. The number of pyridine rings is 1. The van der Waals surface area contributed by atoms with Gasteiger partial charge >= 0.3 is 11.9 Å². The number of aromatic nitrogens is 2. The van der Waals surface area contributed by atoms with Crippen LogP contribution in [0.25, 0.3) is 0 Å². The molecule has 15 heteroatoms. The Morgan fingerprint density at radius 2 is 1.72 bits per heavy atom. The zero-order valence-corrected chi connectivity index (χ0v) is 24.4. The van der Waals surface area contributed by atoms with Crippen LogP contribution in [0, 0.1) is 0 Å². The Morgan fingerprint density at radius 3 is 2.37 bits per heavy atom. The number of nitrogens with zero attached hydrogens (tertiary/aromatic N) is 2. The van der Waals surface area contributed by atoms with Gasteiger partial charge in [-0.1, -0.05) is 36.3 Å². The van der Waals surface area contributed by atoms with Gasteiger partial charge in [-0.2, -0.15) is 0 Å². The van der Waals surface area contributed by atoms with Crippen molar-refractivity contribution >= 4 is 44.2 Å². The second kappa shape index (κ2) is 13.2. The lowest BCUT2D eigenvalue weighted by molar-refractivity contribution is -0.136. The van der Waals surface area contributed by atoms with Crippen molar-refractivity contribution in [2.24, 2.45) is 0 Å². The Hall–Kier alpha value is -3.92. The molecule has 1 unspecified atom stereocenters. The number of hydrogen-bond acceptors (Lipinski definition) is 11. The number of carbonyl (C=O) groups is 3. The van der Waals surface area contributed by atoms with Gasteiger partial charge in [0.25, 0.3) is 5.91 Å². The number of carboxylic acid groups (broad SMARTS) is 2. The maximum absolute atomic E-state index is 13.5. The summed E-state index contributed by atoms with van der Waals surface area (Å²) in [4.78, 5) is 45.0. The van der Waals surface area contributed by atoms with Crippen LogP contribution in [0.15, 0.2) is 47.8 Å². The average molecular weight is 632 g/mol. The number of aromatic carboxylic acids is 2. The highest BCUT2D eigenvalue weighted by atomic mass is 32.2. The third-order valence-electron chi connectivity index (χ3n) is 7.23. The summed E-state index contributed by atoms with van der Waals surface area (Å²) in [5.74, 6) is -3.68. The molecule has 1 atom stereocenters. The first-order chi connectivity index (χ1) is 20.6. The fourth-order valence-corrected chi connectivity index (χ4v) is 7.48. The molecule has 0 radical (unpaired) electrons. The van der Waals surface area contributed by atoms with Crippen LogP contribution in [-0.4, -0.2) is 71.0 Å². The molecule has 5 rings (SSSR count). The molecule has 0 bridgehead atoms. The topological polar surface area (TPSA) is 191 Å². The summed E-state index contributed by atoms with van der Waals surface area (Å²) in [6.07, 6.45) is 5.25. The third kappa shape index (κ3) is 7.01. The molecule has 2 aromatic heterocycles. The molecule has 43 heavy (non-hydrogen) atoms. The highest BCUT2D eigenvalue weighted by Gasteiger charge is 2.33. The number of ether oxygens (including phenoxy) is 3. The highest BCUT2D eigenvalue weighted by Crippen LogP contribution is 2.35. The van der Waals surface area contributed by atoms with Crippen LogP contribution in [0.3, 0.4) is 0 Å². The summed E-state index contributed by atoms with van der Waals surface area (Å²) in [5, 5.41) is 21.3. The summed E-state index contributed by atoms with van der Waals surface area (Å²) < 4.78 is 43.1. The predicted octanol–water partition coefficient (Wildman–Crippen LogP) is 4.32. The van der Waals surface area contributed by atoms with E-state index in [-0.39, 0.29) is 27.1 Å². The fourth-order valence-electron chi connectivity index (χ4n) is 5.04. The summed E-state index contributed by atoms with van der Waals surface area (Å²) in [6, 6.07) is 6.75. The van der Waals surface area contributed by atoms with Crippen molar-refractivity contribution < 1.29 is 47.2 Å². The number of carbonyl (C=O) groups excluding carboxylic acids is 1. The number of hydrogen-bond donors (Lipinski definition) is 3. The zero-order valence-electron chi connectivity index (χ0n) is 22.8. The number of sulfone groups is 1. The first kappa shape index (κ1) is 30.5. The Kier molecular flexibility index (Phi) is 9.34. The lowest BCUT2D eigenvalue weighted by Gasteiger charge is -2.27. The predicted molar refractivity (Wildman–Crippen MR) is 153 cm³/mol. The number of carboxylic acids is 2. The maximum Gasteiger partial charge on any atom is 0.340 e. The highest BCUT2D eigenvalue weighted by molar-refractivity contribution is 7.92. The Balaban J connectivity index is 1.34. The molecule has 1 aromatic carbocycles. The van der Waals surface area contributed by atoms with E-state index in [2.05, 4.69) is 15.3 Å². The van der Waals surface area contributed by atoms with Gasteiger partial charge in [-0.05, 0) is 43.9 Å². The van der Waals surface area contributed by atoms with Gasteiger partial charge in [-0.15, -0.1) is 0 Å². The molecule has 1 saturated heterocycles. The Labute approximate surface area is 250 Å². The molecule has 228 valence electrons. The van der Waals surface area contributed by atoms with Gasteiger partial charge in [-0.25, -0.2) is 28.0 Å². The number of benzene rings is 1. The molecule has 1 saturated carbocycles. The molecule has 2 fully saturated rings. The second-order valence-corrected chi connectivity index (χ2v) is 13.2.